The Morgan fingerprint density at radius 3 is 2.79 bits per heavy atom. The second kappa shape index (κ2) is 4.97. The smallest absolute Gasteiger partial charge is 0.212 e. The molecule has 96 valence electrons. The van der Waals surface area contributed by atoms with E-state index in [0.29, 0.717) is 5.25 Å². The summed E-state index contributed by atoms with van der Waals surface area (Å²) in [5.41, 5.74) is 2.61. The zero-order chi connectivity index (χ0) is 13.2. The van der Waals surface area contributed by atoms with E-state index in [0.717, 1.165) is 22.1 Å². The second-order valence-corrected chi connectivity index (χ2v) is 5.92. The molecule has 0 unspecified atom stereocenters. The lowest BCUT2D eigenvalue weighted by molar-refractivity contribution is 0.809. The highest BCUT2D eigenvalue weighted by Crippen LogP contribution is 2.22. The van der Waals surface area contributed by atoms with Crippen LogP contribution in [-0.2, 0) is 0 Å². The van der Waals surface area contributed by atoms with Gasteiger partial charge in [-0.3, -0.25) is 4.98 Å². The zero-order valence-corrected chi connectivity index (χ0v) is 11.5. The van der Waals surface area contributed by atoms with Crippen LogP contribution in [0.25, 0.3) is 16.9 Å². The monoisotopic (exact) mass is 271 g/mol. The van der Waals surface area contributed by atoms with Crippen molar-refractivity contribution in [3.05, 3.63) is 36.7 Å². The van der Waals surface area contributed by atoms with Crippen LogP contribution >= 0.6 is 11.8 Å². The van der Waals surface area contributed by atoms with Crippen molar-refractivity contribution in [2.24, 2.45) is 0 Å². The van der Waals surface area contributed by atoms with Crippen LogP contribution in [-0.4, -0.2) is 30.0 Å². The van der Waals surface area contributed by atoms with Crippen LogP contribution in [0, 0.1) is 0 Å². The summed E-state index contributed by atoms with van der Waals surface area (Å²) < 4.78 is 1.78. The molecule has 0 radical (unpaired) electrons. The Balaban J connectivity index is 2.09. The van der Waals surface area contributed by atoms with Crippen LogP contribution in [0.1, 0.15) is 13.8 Å². The molecule has 6 heteroatoms. The maximum absolute atomic E-state index is 4.59. The number of thioether (sulfide) groups is 1. The normalized spacial score (nSPS) is 11.3. The first-order valence-corrected chi connectivity index (χ1v) is 6.91. The lowest BCUT2D eigenvalue weighted by Gasteiger charge is -2.04. The molecular formula is C13H13N5S. The number of pyridine rings is 1. The molecule has 0 N–H and O–H groups in total. The highest BCUT2D eigenvalue weighted by molar-refractivity contribution is 7.99. The largest absolute Gasteiger partial charge is 0.264 e. The molecule has 0 aliphatic heterocycles. The maximum Gasteiger partial charge on any atom is 0.212 e. The lowest BCUT2D eigenvalue weighted by atomic mass is 10.2. The summed E-state index contributed by atoms with van der Waals surface area (Å²) in [6, 6.07) is 7.75. The Bertz CT molecular complexity index is 693. The van der Waals surface area contributed by atoms with E-state index in [2.05, 4.69) is 34.1 Å². The summed E-state index contributed by atoms with van der Waals surface area (Å²) in [4.78, 5) is 4.11. The Morgan fingerprint density at radius 1 is 1.16 bits per heavy atom. The molecule has 5 nitrogen and oxygen atoms in total. The minimum absolute atomic E-state index is 0.441. The van der Waals surface area contributed by atoms with Crippen LogP contribution in [0.15, 0.2) is 41.8 Å². The maximum atomic E-state index is 4.59. The molecule has 0 saturated carbocycles. The molecule has 3 heterocycles. The van der Waals surface area contributed by atoms with Gasteiger partial charge in [0.25, 0.3) is 0 Å². The first-order valence-electron chi connectivity index (χ1n) is 6.03. The van der Waals surface area contributed by atoms with Crippen LogP contribution in [0.4, 0.5) is 0 Å². The fourth-order valence-electron chi connectivity index (χ4n) is 1.72. The van der Waals surface area contributed by atoms with E-state index < -0.39 is 0 Å². The van der Waals surface area contributed by atoms with Gasteiger partial charge in [0.15, 0.2) is 5.65 Å². The van der Waals surface area contributed by atoms with E-state index in [4.69, 9.17) is 0 Å². The van der Waals surface area contributed by atoms with Crippen molar-refractivity contribution in [2.45, 2.75) is 24.3 Å². The predicted octanol–water partition coefficient (Wildman–Crippen LogP) is 2.69. The van der Waals surface area contributed by atoms with Gasteiger partial charge < -0.3 is 0 Å². The fourth-order valence-corrected chi connectivity index (χ4v) is 2.47. The Morgan fingerprint density at radius 2 is 2.05 bits per heavy atom. The van der Waals surface area contributed by atoms with Gasteiger partial charge in [-0.25, -0.2) is 0 Å². The Kier molecular flexibility index (Phi) is 3.16. The highest BCUT2D eigenvalue weighted by Gasteiger charge is 2.10. The van der Waals surface area contributed by atoms with E-state index in [9.17, 15) is 0 Å². The van der Waals surface area contributed by atoms with Gasteiger partial charge in [-0.15, -0.1) is 10.2 Å². The number of aromatic nitrogens is 5. The van der Waals surface area contributed by atoms with E-state index in [1.165, 1.54) is 0 Å². The van der Waals surface area contributed by atoms with Crippen molar-refractivity contribution >= 4 is 17.4 Å². The molecule has 0 aliphatic carbocycles. The van der Waals surface area contributed by atoms with E-state index in [1.54, 1.807) is 28.7 Å². The average molecular weight is 271 g/mol. The molecule has 0 aliphatic rings. The molecule has 0 saturated heterocycles. The molecule has 0 spiro atoms. The third-order valence-electron chi connectivity index (χ3n) is 2.53. The van der Waals surface area contributed by atoms with Gasteiger partial charge in [-0.05, 0) is 24.3 Å². The third kappa shape index (κ3) is 2.44. The van der Waals surface area contributed by atoms with Gasteiger partial charge in [0.2, 0.25) is 5.16 Å². The SMILES string of the molecule is CC(C)Sc1nnc2ccc(-c3cccnc3)nn12. The molecule has 0 aromatic carbocycles. The Hall–Kier alpha value is -1.95. The summed E-state index contributed by atoms with van der Waals surface area (Å²) in [5.74, 6) is 0. The lowest BCUT2D eigenvalue weighted by Crippen LogP contribution is -1.98. The summed E-state index contributed by atoms with van der Waals surface area (Å²) in [6.07, 6.45) is 3.55. The van der Waals surface area contributed by atoms with Crippen molar-refractivity contribution in [1.29, 1.82) is 0 Å². The van der Waals surface area contributed by atoms with Gasteiger partial charge in [0, 0.05) is 23.2 Å². The van der Waals surface area contributed by atoms with Gasteiger partial charge in [0.1, 0.15) is 0 Å². The predicted molar refractivity (Wildman–Crippen MR) is 75.0 cm³/mol. The van der Waals surface area contributed by atoms with E-state index in [1.807, 2.05) is 24.3 Å². The number of hydrogen-bond acceptors (Lipinski definition) is 5. The van der Waals surface area contributed by atoms with Crippen molar-refractivity contribution in [2.75, 3.05) is 0 Å². The molecule has 0 atom stereocenters. The average Bonchev–Trinajstić information content (AvgIpc) is 2.82. The topological polar surface area (TPSA) is 56.0 Å². The van der Waals surface area contributed by atoms with Gasteiger partial charge >= 0.3 is 0 Å². The zero-order valence-electron chi connectivity index (χ0n) is 10.7. The van der Waals surface area contributed by atoms with Crippen molar-refractivity contribution in [1.82, 2.24) is 24.8 Å². The van der Waals surface area contributed by atoms with Crippen molar-refractivity contribution < 1.29 is 0 Å². The molecular weight excluding hydrogens is 258 g/mol. The second-order valence-electron chi connectivity index (χ2n) is 4.38. The summed E-state index contributed by atoms with van der Waals surface area (Å²) >= 11 is 1.65. The summed E-state index contributed by atoms with van der Waals surface area (Å²) in [6.45, 7) is 4.24. The van der Waals surface area contributed by atoms with Crippen LogP contribution in [0.2, 0.25) is 0 Å². The Labute approximate surface area is 115 Å². The highest BCUT2D eigenvalue weighted by atomic mass is 32.2. The summed E-state index contributed by atoms with van der Waals surface area (Å²) in [7, 11) is 0. The summed E-state index contributed by atoms with van der Waals surface area (Å²) in [5, 5.41) is 14.1. The molecule has 19 heavy (non-hydrogen) atoms. The number of hydrogen-bond donors (Lipinski definition) is 0. The first-order chi connectivity index (χ1) is 9.24. The minimum Gasteiger partial charge on any atom is -0.264 e. The molecule has 0 fully saturated rings. The van der Waals surface area contributed by atoms with Crippen molar-refractivity contribution in [3.63, 3.8) is 0 Å². The van der Waals surface area contributed by atoms with Crippen LogP contribution in [0.5, 0.6) is 0 Å². The number of fused-ring (bicyclic) bond motifs is 1. The quantitative estimate of drug-likeness (QED) is 0.685. The van der Waals surface area contributed by atoms with Gasteiger partial charge in [-0.1, -0.05) is 25.6 Å². The fraction of sp³-hybridized carbons (Fsp3) is 0.231. The van der Waals surface area contributed by atoms with Gasteiger partial charge in [-0.2, -0.15) is 9.61 Å². The van der Waals surface area contributed by atoms with Crippen LogP contribution in [0.3, 0.4) is 0 Å². The molecule has 3 aromatic rings. The molecule has 3 aromatic heterocycles. The van der Waals surface area contributed by atoms with Crippen LogP contribution < -0.4 is 0 Å². The third-order valence-corrected chi connectivity index (χ3v) is 3.47. The minimum atomic E-state index is 0.441. The molecule has 3 rings (SSSR count). The molecule has 0 bridgehead atoms. The van der Waals surface area contributed by atoms with E-state index in [-0.39, 0.29) is 0 Å². The van der Waals surface area contributed by atoms with Gasteiger partial charge in [0.05, 0.1) is 5.69 Å². The first kappa shape index (κ1) is 12.1. The van der Waals surface area contributed by atoms with Crippen molar-refractivity contribution in [3.8, 4) is 11.3 Å². The standard InChI is InChI=1S/C13H13N5S/c1-9(2)19-13-16-15-12-6-5-11(17-18(12)13)10-4-3-7-14-8-10/h3-9H,1-2H3. The number of rotatable bonds is 3. The van der Waals surface area contributed by atoms with E-state index >= 15 is 0 Å². The molecule has 0 amide bonds. The number of nitrogens with zero attached hydrogens (tertiary/aromatic N) is 5.